The zero-order chi connectivity index (χ0) is 15.4. The average molecular weight is 285 g/mol. The van der Waals surface area contributed by atoms with E-state index in [0.29, 0.717) is 0 Å². The number of esters is 1. The maximum atomic E-state index is 12.8. The highest BCUT2D eigenvalue weighted by Crippen LogP contribution is 2.82. The van der Waals surface area contributed by atoms with Crippen molar-refractivity contribution in [2.45, 2.75) is 70.2 Å². The van der Waals surface area contributed by atoms with Gasteiger partial charge in [-0.15, -0.1) is 0 Å². The molecule has 0 radical (unpaired) electrons. The van der Waals surface area contributed by atoms with Crippen LogP contribution < -0.4 is 0 Å². The van der Waals surface area contributed by atoms with Gasteiger partial charge in [0.05, 0.1) is 5.54 Å². The summed E-state index contributed by atoms with van der Waals surface area (Å²) >= 11 is 0. The summed E-state index contributed by atoms with van der Waals surface area (Å²) in [6, 6.07) is 6.46. The number of hydrogen-bond donors (Lipinski definition) is 0. The molecule has 2 unspecified atom stereocenters. The molecule has 0 saturated carbocycles. The van der Waals surface area contributed by atoms with E-state index in [4.69, 9.17) is 4.74 Å². The quantitative estimate of drug-likeness (QED) is 0.586. The molecule has 1 aromatic carbocycles. The first kappa shape index (κ1) is 13.3. The number of aryl methyl sites for hydroxylation is 1. The number of fused-ring (bicyclic) bond motifs is 4. The van der Waals surface area contributed by atoms with Gasteiger partial charge >= 0.3 is 5.97 Å². The number of rotatable bonds is 1. The van der Waals surface area contributed by atoms with Crippen LogP contribution >= 0.6 is 0 Å². The van der Waals surface area contributed by atoms with Crippen molar-refractivity contribution in [3.8, 4) is 0 Å². The Hall–Kier alpha value is -1.35. The number of nitrogens with zero attached hydrogens (tertiary/aromatic N) is 1. The largest absolute Gasteiger partial charge is 0.459 e. The maximum absolute atomic E-state index is 12.8. The van der Waals surface area contributed by atoms with E-state index in [2.05, 4.69) is 43.9 Å². The Morgan fingerprint density at radius 1 is 1.29 bits per heavy atom. The molecule has 4 atom stereocenters. The fourth-order valence-corrected chi connectivity index (χ4v) is 5.24. The Morgan fingerprint density at radius 3 is 2.57 bits per heavy atom. The summed E-state index contributed by atoms with van der Waals surface area (Å²) in [6.45, 7) is 12.5. The Kier molecular flexibility index (Phi) is 2.03. The summed E-state index contributed by atoms with van der Waals surface area (Å²) < 4.78 is 5.71. The van der Waals surface area contributed by atoms with Crippen LogP contribution in [0.4, 0.5) is 0 Å². The van der Waals surface area contributed by atoms with Crippen LogP contribution in [0.3, 0.4) is 0 Å². The highest BCUT2D eigenvalue weighted by Gasteiger charge is 2.94. The smallest absolute Gasteiger partial charge is 0.329 e. The zero-order valence-corrected chi connectivity index (χ0v) is 13.7. The van der Waals surface area contributed by atoms with Gasteiger partial charge in [0.25, 0.3) is 0 Å². The molecule has 0 amide bonds. The van der Waals surface area contributed by atoms with E-state index in [1.54, 1.807) is 0 Å². The summed E-state index contributed by atoms with van der Waals surface area (Å²) in [5.74, 6) is -0.0536. The molecule has 3 aliphatic heterocycles. The van der Waals surface area contributed by atoms with Gasteiger partial charge in [0.15, 0.2) is 0 Å². The van der Waals surface area contributed by atoms with E-state index in [1.807, 2.05) is 20.8 Å². The van der Waals surface area contributed by atoms with E-state index in [9.17, 15) is 4.79 Å². The number of carbonyl (C=O) groups is 1. The van der Waals surface area contributed by atoms with Crippen LogP contribution in [-0.2, 0) is 20.6 Å². The first-order valence-electron chi connectivity index (χ1n) is 7.73. The molecule has 3 heterocycles. The molecule has 112 valence electrons. The fourth-order valence-electron chi connectivity index (χ4n) is 5.24. The number of hydrogen-bond acceptors (Lipinski definition) is 3. The standard InChI is InChI=1S/C18H23NO2/c1-11-8-7-9-12-13(11)16(5)10-18(17(12,6)19(16)18)14(20)21-15(2,3)4/h7-9H,10H2,1-6H3/t16-,17-,18?,19?/m1/s1. The van der Waals surface area contributed by atoms with Gasteiger partial charge in [-0.1, -0.05) is 18.2 Å². The van der Waals surface area contributed by atoms with Crippen molar-refractivity contribution >= 4 is 5.97 Å². The average Bonchev–Trinajstić information content (AvgIpc) is 2.73. The van der Waals surface area contributed by atoms with Crippen LogP contribution in [0.1, 0.15) is 57.7 Å². The Morgan fingerprint density at radius 2 is 1.95 bits per heavy atom. The second-order valence-corrected chi connectivity index (χ2v) is 8.22. The van der Waals surface area contributed by atoms with E-state index in [-0.39, 0.29) is 17.0 Å². The van der Waals surface area contributed by atoms with Gasteiger partial charge in [-0.05, 0) is 58.2 Å². The maximum Gasteiger partial charge on any atom is 0.329 e. The van der Waals surface area contributed by atoms with Crippen LogP contribution in [0.25, 0.3) is 0 Å². The second kappa shape index (κ2) is 3.19. The molecule has 3 nitrogen and oxygen atoms in total. The van der Waals surface area contributed by atoms with Crippen LogP contribution in [0.2, 0.25) is 0 Å². The normalized spacial score (nSPS) is 41.9. The molecule has 1 aromatic rings. The minimum absolute atomic E-state index is 0.00628. The summed E-state index contributed by atoms with van der Waals surface area (Å²) in [7, 11) is 0. The Bertz CT molecular complexity index is 689. The van der Waals surface area contributed by atoms with Crippen LogP contribution in [0, 0.1) is 6.92 Å². The highest BCUT2D eigenvalue weighted by molar-refractivity contribution is 5.94. The monoisotopic (exact) mass is 285 g/mol. The molecule has 2 fully saturated rings. The van der Waals surface area contributed by atoms with Crippen molar-refractivity contribution < 1.29 is 9.53 Å². The molecule has 0 spiro atoms. The minimum Gasteiger partial charge on any atom is -0.459 e. The van der Waals surface area contributed by atoms with E-state index in [0.717, 1.165) is 6.42 Å². The van der Waals surface area contributed by atoms with Gasteiger partial charge in [-0.25, -0.2) is 4.79 Å². The van der Waals surface area contributed by atoms with Crippen LogP contribution in [0.5, 0.6) is 0 Å². The van der Waals surface area contributed by atoms with E-state index >= 15 is 0 Å². The van der Waals surface area contributed by atoms with Crippen LogP contribution in [-0.4, -0.2) is 22.0 Å². The van der Waals surface area contributed by atoms with Crippen molar-refractivity contribution in [1.29, 1.82) is 0 Å². The summed E-state index contributed by atoms with van der Waals surface area (Å²) in [5, 5.41) is 0. The first-order chi connectivity index (χ1) is 9.59. The molecular weight excluding hydrogens is 262 g/mol. The molecule has 3 heteroatoms. The topological polar surface area (TPSA) is 29.3 Å². The van der Waals surface area contributed by atoms with Gasteiger partial charge in [0.1, 0.15) is 11.1 Å². The van der Waals surface area contributed by atoms with E-state index < -0.39 is 11.1 Å². The molecule has 4 rings (SSSR count). The molecule has 2 saturated heterocycles. The van der Waals surface area contributed by atoms with Crippen molar-refractivity contribution in [3.05, 3.63) is 34.9 Å². The Balaban J connectivity index is 1.80. The van der Waals surface area contributed by atoms with Crippen molar-refractivity contribution in [2.24, 2.45) is 0 Å². The van der Waals surface area contributed by atoms with E-state index in [1.165, 1.54) is 16.7 Å². The van der Waals surface area contributed by atoms with Crippen molar-refractivity contribution in [2.75, 3.05) is 0 Å². The Labute approximate surface area is 126 Å². The van der Waals surface area contributed by atoms with Gasteiger partial charge in [-0.2, -0.15) is 0 Å². The summed E-state index contributed by atoms with van der Waals surface area (Å²) in [4.78, 5) is 15.1. The molecule has 0 aliphatic carbocycles. The SMILES string of the molecule is Cc1cccc2c1[C@@]1(C)CC3(C(=O)OC(C)(C)C)N1[C@]23C. The lowest BCUT2D eigenvalue weighted by Gasteiger charge is -2.46. The molecular formula is C18H23NO2. The third-order valence-electron chi connectivity index (χ3n) is 5.75. The predicted octanol–water partition coefficient (Wildman–Crippen LogP) is 3.24. The fraction of sp³-hybridized carbons (Fsp3) is 0.611. The van der Waals surface area contributed by atoms with Gasteiger partial charge < -0.3 is 4.74 Å². The van der Waals surface area contributed by atoms with Crippen LogP contribution in [0.15, 0.2) is 18.2 Å². The lowest BCUT2D eigenvalue weighted by molar-refractivity contribution is -0.167. The molecule has 21 heavy (non-hydrogen) atoms. The first-order valence-corrected chi connectivity index (χ1v) is 7.73. The number of benzene rings is 1. The highest BCUT2D eigenvalue weighted by atomic mass is 16.6. The van der Waals surface area contributed by atoms with Gasteiger partial charge in [-0.3, -0.25) is 4.90 Å². The molecule has 3 aliphatic rings. The lowest BCUT2D eigenvalue weighted by Crippen LogP contribution is -2.57. The van der Waals surface area contributed by atoms with Crippen molar-refractivity contribution in [3.63, 3.8) is 0 Å². The number of ether oxygens (including phenoxy) is 1. The second-order valence-electron chi connectivity index (χ2n) is 8.22. The third kappa shape index (κ3) is 1.16. The summed E-state index contributed by atoms with van der Waals surface area (Å²) in [5.41, 5.74) is 3.07. The molecule has 0 N–H and O–H groups in total. The van der Waals surface area contributed by atoms with Crippen molar-refractivity contribution in [1.82, 2.24) is 4.90 Å². The lowest BCUT2D eigenvalue weighted by atomic mass is 9.65. The summed E-state index contributed by atoms with van der Waals surface area (Å²) in [6.07, 6.45) is 0.878. The minimum atomic E-state index is -0.429. The molecule has 0 bridgehead atoms. The molecule has 0 aromatic heterocycles. The zero-order valence-electron chi connectivity index (χ0n) is 13.7. The van der Waals surface area contributed by atoms with Gasteiger partial charge in [0.2, 0.25) is 0 Å². The van der Waals surface area contributed by atoms with Gasteiger partial charge in [0, 0.05) is 12.0 Å². The number of carbonyl (C=O) groups excluding carboxylic acids is 1. The third-order valence-corrected chi connectivity index (χ3v) is 5.75. The predicted molar refractivity (Wildman–Crippen MR) is 80.9 cm³/mol.